The molecule has 0 aliphatic heterocycles. The average molecular weight is 327 g/mol. The van der Waals surface area contributed by atoms with Crippen molar-refractivity contribution in [3.8, 4) is 17.4 Å². The molecular weight excluding hydrogens is 320 g/mol. The minimum atomic E-state index is -1.29. The highest BCUT2D eigenvalue weighted by Gasteiger charge is 2.16. The minimum Gasteiger partial charge on any atom is -0.401 e. The van der Waals surface area contributed by atoms with Gasteiger partial charge in [0.25, 0.3) is 5.89 Å². The van der Waals surface area contributed by atoms with Crippen molar-refractivity contribution in [2.24, 2.45) is 0 Å². The van der Waals surface area contributed by atoms with Crippen molar-refractivity contribution in [2.75, 3.05) is 0 Å². The van der Waals surface area contributed by atoms with Crippen LogP contribution in [-0.4, -0.2) is 24.7 Å². The fraction of sp³-hybridized carbons (Fsp3) is 0. The zero-order valence-corrected chi connectivity index (χ0v) is 11.8. The van der Waals surface area contributed by atoms with Gasteiger partial charge in [0, 0.05) is 12.4 Å². The van der Waals surface area contributed by atoms with Gasteiger partial charge in [0.2, 0.25) is 0 Å². The Morgan fingerprint density at radius 2 is 1.96 bits per heavy atom. The molecule has 0 aliphatic carbocycles. The number of rotatable bonds is 2. The molecule has 0 N–H and O–H groups in total. The fourth-order valence-electron chi connectivity index (χ4n) is 2.18. The Kier molecular flexibility index (Phi) is 3.12. The van der Waals surface area contributed by atoms with Gasteiger partial charge in [0.05, 0.1) is 5.52 Å². The molecule has 0 spiro atoms. The average Bonchev–Trinajstić information content (AvgIpc) is 3.12. The van der Waals surface area contributed by atoms with Gasteiger partial charge in [0.1, 0.15) is 17.4 Å². The summed E-state index contributed by atoms with van der Waals surface area (Å²) < 4.78 is 33.5. The van der Waals surface area contributed by atoms with E-state index in [1.54, 1.807) is 35.4 Å². The van der Waals surface area contributed by atoms with Gasteiger partial charge in [-0.3, -0.25) is 4.57 Å². The summed E-state index contributed by atoms with van der Waals surface area (Å²) in [5.74, 6) is -2.06. The van der Waals surface area contributed by atoms with Crippen LogP contribution in [0.3, 0.4) is 0 Å². The Labute approximate surface area is 132 Å². The van der Waals surface area contributed by atoms with Gasteiger partial charge < -0.3 is 4.42 Å². The van der Waals surface area contributed by atoms with Crippen LogP contribution < -0.4 is 5.63 Å². The smallest absolute Gasteiger partial charge is 0.350 e. The predicted molar refractivity (Wildman–Crippen MR) is 78.3 cm³/mol. The Hall–Kier alpha value is -3.49. The monoisotopic (exact) mass is 327 g/mol. The van der Waals surface area contributed by atoms with Gasteiger partial charge in [-0.15, -0.1) is 10.2 Å². The lowest BCUT2D eigenvalue weighted by molar-refractivity contribution is 0.492. The summed E-state index contributed by atoms with van der Waals surface area (Å²) in [5, 5.41) is 7.37. The van der Waals surface area contributed by atoms with E-state index in [0.29, 0.717) is 5.82 Å². The van der Waals surface area contributed by atoms with Gasteiger partial charge in [-0.1, -0.05) is 0 Å². The number of imidazole rings is 1. The molecule has 0 radical (unpaired) electrons. The molecule has 1 aromatic carbocycles. The second-order valence-corrected chi connectivity index (χ2v) is 4.81. The van der Waals surface area contributed by atoms with Crippen molar-refractivity contribution in [1.29, 1.82) is 0 Å². The summed E-state index contributed by atoms with van der Waals surface area (Å²) in [7, 11) is 0. The summed E-state index contributed by atoms with van der Waals surface area (Å²) in [6.45, 7) is 0. The number of halogens is 2. The van der Waals surface area contributed by atoms with Crippen molar-refractivity contribution < 1.29 is 13.2 Å². The van der Waals surface area contributed by atoms with E-state index >= 15 is 0 Å². The Morgan fingerprint density at radius 1 is 1.08 bits per heavy atom. The molecule has 0 saturated carbocycles. The van der Waals surface area contributed by atoms with Gasteiger partial charge in [-0.2, -0.15) is 0 Å². The van der Waals surface area contributed by atoms with Gasteiger partial charge in [0.15, 0.2) is 17.5 Å². The van der Waals surface area contributed by atoms with Gasteiger partial charge in [-0.05, 0) is 24.3 Å². The van der Waals surface area contributed by atoms with Crippen LogP contribution in [0.4, 0.5) is 8.78 Å². The lowest BCUT2D eigenvalue weighted by Crippen LogP contribution is -2.07. The standard InChI is InChI=1S/C15H7F2N5O2/c16-8-1-2-9-12(13(8)17)15(23)24-14(19-9)10-3-4-11(21-20-10)22-6-5-18-7-22/h1-7H. The molecule has 0 fully saturated rings. The third-order valence-electron chi connectivity index (χ3n) is 3.33. The Bertz CT molecular complexity index is 1090. The van der Waals surface area contributed by atoms with Crippen LogP contribution in [0, 0.1) is 11.6 Å². The lowest BCUT2D eigenvalue weighted by Gasteiger charge is -2.03. The highest BCUT2D eigenvalue weighted by atomic mass is 19.2. The molecule has 9 heteroatoms. The summed E-state index contributed by atoms with van der Waals surface area (Å²) >= 11 is 0. The molecule has 3 aromatic heterocycles. The maximum atomic E-state index is 13.7. The van der Waals surface area contributed by atoms with Crippen LogP contribution >= 0.6 is 0 Å². The molecule has 7 nitrogen and oxygen atoms in total. The van der Waals surface area contributed by atoms with Crippen molar-refractivity contribution in [3.63, 3.8) is 0 Å². The van der Waals surface area contributed by atoms with E-state index in [0.717, 1.165) is 6.07 Å². The van der Waals surface area contributed by atoms with Crippen molar-refractivity contribution in [3.05, 3.63) is 65.0 Å². The van der Waals surface area contributed by atoms with E-state index in [4.69, 9.17) is 4.42 Å². The first-order chi connectivity index (χ1) is 11.6. The maximum Gasteiger partial charge on any atom is 0.350 e. The summed E-state index contributed by atoms with van der Waals surface area (Å²) in [5.41, 5.74) is -0.879. The number of benzene rings is 1. The highest BCUT2D eigenvalue weighted by Crippen LogP contribution is 2.20. The fourth-order valence-corrected chi connectivity index (χ4v) is 2.18. The SMILES string of the molecule is O=c1oc(-c2ccc(-n3ccnc3)nn2)nc2ccc(F)c(F)c12. The molecular formula is C15H7F2N5O2. The first kappa shape index (κ1) is 14.1. The van der Waals surface area contributed by atoms with E-state index in [1.165, 1.54) is 6.07 Å². The topological polar surface area (TPSA) is 86.7 Å². The maximum absolute atomic E-state index is 13.7. The van der Waals surface area contributed by atoms with Crippen LogP contribution in [0.1, 0.15) is 0 Å². The number of fused-ring (bicyclic) bond motifs is 1. The van der Waals surface area contributed by atoms with Crippen LogP contribution in [-0.2, 0) is 0 Å². The molecule has 0 unspecified atom stereocenters. The van der Waals surface area contributed by atoms with Crippen LogP contribution in [0.15, 0.2) is 52.2 Å². The molecule has 0 saturated heterocycles. The summed E-state index contributed by atoms with van der Waals surface area (Å²) in [6.07, 6.45) is 4.83. The van der Waals surface area contributed by atoms with Crippen LogP contribution in [0.5, 0.6) is 0 Å². The predicted octanol–water partition coefficient (Wildman–Crippen LogP) is 2.11. The van der Waals surface area contributed by atoms with Crippen molar-refractivity contribution >= 4 is 10.9 Å². The second-order valence-electron chi connectivity index (χ2n) is 4.81. The molecule has 4 aromatic rings. The molecule has 24 heavy (non-hydrogen) atoms. The molecule has 4 rings (SSSR count). The van der Waals surface area contributed by atoms with Gasteiger partial charge in [-0.25, -0.2) is 23.5 Å². The largest absolute Gasteiger partial charge is 0.401 e. The Balaban J connectivity index is 1.82. The first-order valence-electron chi connectivity index (χ1n) is 6.75. The van der Waals surface area contributed by atoms with E-state index in [9.17, 15) is 13.6 Å². The van der Waals surface area contributed by atoms with E-state index in [1.807, 2.05) is 0 Å². The summed E-state index contributed by atoms with van der Waals surface area (Å²) in [4.78, 5) is 19.8. The highest BCUT2D eigenvalue weighted by molar-refractivity contribution is 5.79. The lowest BCUT2D eigenvalue weighted by atomic mass is 10.2. The first-order valence-corrected chi connectivity index (χ1v) is 6.75. The second kappa shape index (κ2) is 5.30. The third kappa shape index (κ3) is 2.22. The normalized spacial score (nSPS) is 11.1. The molecule has 0 atom stereocenters. The zero-order valence-electron chi connectivity index (χ0n) is 11.8. The zero-order chi connectivity index (χ0) is 16.7. The van der Waals surface area contributed by atoms with E-state index in [2.05, 4.69) is 20.2 Å². The molecule has 3 heterocycles. The Morgan fingerprint density at radius 3 is 2.67 bits per heavy atom. The van der Waals surface area contributed by atoms with Crippen molar-refractivity contribution in [2.45, 2.75) is 0 Å². The number of hydrogen-bond donors (Lipinski definition) is 0. The van der Waals surface area contributed by atoms with Gasteiger partial charge >= 0.3 is 5.63 Å². The number of aromatic nitrogens is 5. The number of nitrogens with zero attached hydrogens (tertiary/aromatic N) is 5. The number of hydrogen-bond acceptors (Lipinski definition) is 6. The third-order valence-corrected chi connectivity index (χ3v) is 3.33. The minimum absolute atomic E-state index is 0.0272. The quantitative estimate of drug-likeness (QED) is 0.560. The molecule has 0 aliphatic rings. The van der Waals surface area contributed by atoms with Crippen LogP contribution in [0.25, 0.3) is 28.3 Å². The van der Waals surface area contributed by atoms with Crippen LogP contribution in [0.2, 0.25) is 0 Å². The molecule has 118 valence electrons. The van der Waals surface area contributed by atoms with Crippen molar-refractivity contribution in [1.82, 2.24) is 24.7 Å². The van der Waals surface area contributed by atoms with E-state index in [-0.39, 0.29) is 17.1 Å². The molecule has 0 bridgehead atoms. The summed E-state index contributed by atoms with van der Waals surface area (Å²) in [6, 6.07) is 5.25. The van der Waals surface area contributed by atoms with E-state index < -0.39 is 22.6 Å². The molecule has 0 amide bonds.